The van der Waals surface area contributed by atoms with Crippen LogP contribution in [-0.4, -0.2) is 5.71 Å². The molecule has 0 aromatic heterocycles. The van der Waals surface area contributed by atoms with Gasteiger partial charge in [0.2, 0.25) is 0 Å². The molecule has 0 aliphatic rings. The summed E-state index contributed by atoms with van der Waals surface area (Å²) in [6.45, 7) is 10.1. The third kappa shape index (κ3) is 2.56. The van der Waals surface area contributed by atoms with Gasteiger partial charge in [0.1, 0.15) is 0 Å². The van der Waals surface area contributed by atoms with Gasteiger partial charge in [0.25, 0.3) is 0 Å². The Balaban J connectivity index is 3.14. The summed E-state index contributed by atoms with van der Waals surface area (Å²) in [5.74, 6) is 0. The fourth-order valence-corrected chi connectivity index (χ4v) is 1.22. The van der Waals surface area contributed by atoms with Gasteiger partial charge in [-0.3, -0.25) is 4.99 Å². The largest absolute Gasteiger partial charge is 0.258 e. The van der Waals surface area contributed by atoms with Gasteiger partial charge in [-0.1, -0.05) is 31.7 Å². The maximum absolute atomic E-state index is 4.55. The monoisotopic (exact) mass is 187 g/mol. The minimum Gasteiger partial charge on any atom is -0.258 e. The Hall–Kier alpha value is -1.37. The van der Waals surface area contributed by atoms with E-state index < -0.39 is 0 Å². The van der Waals surface area contributed by atoms with Crippen molar-refractivity contribution in [2.75, 3.05) is 0 Å². The van der Waals surface area contributed by atoms with E-state index in [0.717, 1.165) is 29.0 Å². The lowest BCUT2D eigenvalue weighted by molar-refractivity contribution is 1.25. The highest BCUT2D eigenvalue weighted by Gasteiger charge is 2.00. The molecular formula is C13H17N. The second-order valence-electron chi connectivity index (χ2n) is 3.50. The molecule has 0 aliphatic carbocycles. The van der Waals surface area contributed by atoms with Crippen molar-refractivity contribution in [2.24, 2.45) is 4.99 Å². The normalized spacial score (nSPS) is 11.5. The molecule has 1 heteroatoms. The van der Waals surface area contributed by atoms with Crippen LogP contribution in [0.1, 0.15) is 32.8 Å². The maximum Gasteiger partial charge on any atom is 0.0703 e. The van der Waals surface area contributed by atoms with Crippen molar-refractivity contribution < 1.29 is 0 Å². The lowest BCUT2D eigenvalue weighted by Gasteiger charge is -2.05. The number of benzene rings is 1. The zero-order valence-corrected chi connectivity index (χ0v) is 9.17. The molecule has 0 heterocycles. The quantitative estimate of drug-likeness (QED) is 0.628. The third-order valence-electron chi connectivity index (χ3n) is 2.19. The van der Waals surface area contributed by atoms with Gasteiger partial charge in [-0.2, -0.15) is 0 Å². The first kappa shape index (κ1) is 10.7. The van der Waals surface area contributed by atoms with E-state index in [0.29, 0.717) is 0 Å². The Morgan fingerprint density at radius 2 is 1.93 bits per heavy atom. The van der Waals surface area contributed by atoms with Crippen molar-refractivity contribution in [3.63, 3.8) is 0 Å². The number of para-hydroxylation sites is 1. The summed E-state index contributed by atoms with van der Waals surface area (Å²) in [5.41, 5.74) is 4.38. The number of aliphatic imine (C=N–C) groups is 1. The van der Waals surface area contributed by atoms with Crippen molar-refractivity contribution in [2.45, 2.75) is 27.2 Å². The molecule has 0 bridgehead atoms. The summed E-state index contributed by atoms with van der Waals surface area (Å²) in [5, 5.41) is 0. The Morgan fingerprint density at radius 1 is 1.29 bits per heavy atom. The van der Waals surface area contributed by atoms with Gasteiger partial charge in [-0.15, -0.1) is 0 Å². The van der Waals surface area contributed by atoms with Gasteiger partial charge in [0.15, 0.2) is 0 Å². The number of rotatable bonds is 3. The lowest BCUT2D eigenvalue weighted by atomic mass is 10.1. The van der Waals surface area contributed by atoms with Crippen molar-refractivity contribution in [3.05, 3.63) is 36.4 Å². The van der Waals surface area contributed by atoms with Crippen molar-refractivity contribution in [1.82, 2.24) is 0 Å². The topological polar surface area (TPSA) is 12.4 Å². The van der Waals surface area contributed by atoms with Crippen LogP contribution >= 0.6 is 0 Å². The molecule has 1 nitrogen and oxygen atoms in total. The molecule has 0 amide bonds. The molecule has 0 unspecified atom stereocenters. The molecule has 0 aliphatic heterocycles. The first-order valence-electron chi connectivity index (χ1n) is 4.94. The van der Waals surface area contributed by atoms with Gasteiger partial charge in [0, 0.05) is 11.3 Å². The second-order valence-corrected chi connectivity index (χ2v) is 3.50. The molecular weight excluding hydrogens is 170 g/mol. The number of allylic oxidation sites excluding steroid dienone is 1. The molecule has 0 spiro atoms. The van der Waals surface area contributed by atoms with Gasteiger partial charge >= 0.3 is 0 Å². The zero-order chi connectivity index (χ0) is 10.6. The van der Waals surface area contributed by atoms with Crippen molar-refractivity contribution in [3.8, 4) is 0 Å². The van der Waals surface area contributed by atoms with Crippen LogP contribution in [-0.2, 0) is 0 Å². The lowest BCUT2D eigenvalue weighted by Crippen LogP contribution is -1.87. The summed E-state index contributed by atoms with van der Waals surface area (Å²) in [4.78, 5) is 4.55. The van der Waals surface area contributed by atoms with E-state index in [9.17, 15) is 0 Å². The third-order valence-corrected chi connectivity index (χ3v) is 2.19. The zero-order valence-electron chi connectivity index (χ0n) is 9.17. The minimum atomic E-state index is 0.991. The van der Waals surface area contributed by atoms with Gasteiger partial charge in [-0.25, -0.2) is 0 Å². The molecule has 1 aromatic carbocycles. The Bertz CT molecular complexity index is 361. The fourth-order valence-electron chi connectivity index (χ4n) is 1.22. The van der Waals surface area contributed by atoms with Crippen LogP contribution in [0.3, 0.4) is 0 Å². The van der Waals surface area contributed by atoms with Crippen LogP contribution in [0.4, 0.5) is 5.69 Å². The summed E-state index contributed by atoms with van der Waals surface area (Å²) < 4.78 is 0. The van der Waals surface area contributed by atoms with E-state index in [-0.39, 0.29) is 0 Å². The van der Waals surface area contributed by atoms with E-state index in [1.165, 1.54) is 0 Å². The molecule has 74 valence electrons. The van der Waals surface area contributed by atoms with Gasteiger partial charge < -0.3 is 0 Å². The molecule has 0 radical (unpaired) electrons. The average molecular weight is 187 g/mol. The Labute approximate surface area is 86.2 Å². The van der Waals surface area contributed by atoms with Crippen LogP contribution < -0.4 is 0 Å². The number of hydrogen-bond donors (Lipinski definition) is 0. The fraction of sp³-hybridized carbons (Fsp3) is 0.308. The van der Waals surface area contributed by atoms with Crippen LogP contribution in [0.25, 0.3) is 5.57 Å². The first-order chi connectivity index (χ1) is 6.65. The molecule has 1 aromatic rings. The van der Waals surface area contributed by atoms with E-state index in [1.54, 1.807) is 0 Å². The predicted octanol–water partition coefficient (Wildman–Crippen LogP) is 4.22. The smallest absolute Gasteiger partial charge is 0.0703 e. The first-order valence-corrected chi connectivity index (χ1v) is 4.94. The predicted molar refractivity (Wildman–Crippen MR) is 64.2 cm³/mol. The van der Waals surface area contributed by atoms with E-state index in [1.807, 2.05) is 25.1 Å². The summed E-state index contributed by atoms with van der Waals surface area (Å²) in [7, 11) is 0. The Kier molecular flexibility index (Phi) is 3.63. The van der Waals surface area contributed by atoms with Crippen molar-refractivity contribution in [1.29, 1.82) is 0 Å². The number of nitrogens with zero attached hydrogens (tertiary/aromatic N) is 1. The SMILES string of the molecule is C=C(C)c1ccccc1N=C(C)CC. The van der Waals surface area contributed by atoms with E-state index >= 15 is 0 Å². The second kappa shape index (κ2) is 4.75. The highest BCUT2D eigenvalue weighted by atomic mass is 14.7. The van der Waals surface area contributed by atoms with E-state index in [4.69, 9.17) is 0 Å². The molecule has 1 rings (SSSR count). The van der Waals surface area contributed by atoms with Crippen LogP contribution in [0, 0.1) is 0 Å². The maximum atomic E-state index is 4.55. The average Bonchev–Trinajstić information content (AvgIpc) is 2.18. The molecule has 0 saturated carbocycles. The molecule has 0 fully saturated rings. The van der Waals surface area contributed by atoms with Gasteiger partial charge in [-0.05, 0) is 31.9 Å². The molecule has 0 N–H and O–H groups in total. The molecule has 14 heavy (non-hydrogen) atoms. The Morgan fingerprint density at radius 3 is 2.50 bits per heavy atom. The molecule has 0 atom stereocenters. The van der Waals surface area contributed by atoms with Crippen molar-refractivity contribution >= 4 is 17.0 Å². The summed E-state index contributed by atoms with van der Waals surface area (Å²) in [6, 6.07) is 8.12. The highest BCUT2D eigenvalue weighted by molar-refractivity contribution is 5.86. The standard InChI is InChI=1S/C13H17N/c1-5-11(4)14-13-9-7-6-8-12(13)10(2)3/h6-9H,2,5H2,1,3-4H3. The van der Waals surface area contributed by atoms with Crippen LogP contribution in [0.15, 0.2) is 35.8 Å². The van der Waals surface area contributed by atoms with Crippen LogP contribution in [0.5, 0.6) is 0 Å². The highest BCUT2D eigenvalue weighted by Crippen LogP contribution is 2.25. The summed E-state index contributed by atoms with van der Waals surface area (Å²) >= 11 is 0. The number of hydrogen-bond acceptors (Lipinski definition) is 1. The van der Waals surface area contributed by atoms with E-state index in [2.05, 4.69) is 31.5 Å². The minimum absolute atomic E-state index is 0.991. The summed E-state index contributed by atoms with van der Waals surface area (Å²) in [6.07, 6.45) is 0.991. The van der Waals surface area contributed by atoms with Gasteiger partial charge in [0.05, 0.1) is 5.69 Å². The van der Waals surface area contributed by atoms with Crippen LogP contribution in [0.2, 0.25) is 0 Å². The molecule has 0 saturated heterocycles.